The zero-order valence-electron chi connectivity index (χ0n) is 11.0. The highest BCUT2D eigenvalue weighted by molar-refractivity contribution is 5.43. The second kappa shape index (κ2) is 5.29. The fourth-order valence-corrected chi connectivity index (χ4v) is 2.01. The number of nitrogens with two attached hydrogens (primary N) is 1. The summed E-state index contributed by atoms with van der Waals surface area (Å²) in [6.45, 7) is 4.94. The minimum Gasteiger partial charge on any atom is -0.378 e. The average molecular weight is 246 g/mol. The summed E-state index contributed by atoms with van der Waals surface area (Å²) < 4.78 is 7.00. The van der Waals surface area contributed by atoms with Gasteiger partial charge in [-0.15, -0.1) is 5.10 Å². The zero-order chi connectivity index (χ0) is 13.1. The molecule has 1 heterocycles. The molecule has 2 rings (SSSR count). The van der Waals surface area contributed by atoms with E-state index in [1.165, 1.54) is 5.56 Å². The summed E-state index contributed by atoms with van der Waals surface area (Å²) in [7, 11) is 1.65. The Morgan fingerprint density at radius 3 is 2.72 bits per heavy atom. The van der Waals surface area contributed by atoms with Gasteiger partial charge in [0, 0.05) is 13.7 Å². The van der Waals surface area contributed by atoms with Crippen molar-refractivity contribution in [1.82, 2.24) is 15.0 Å². The van der Waals surface area contributed by atoms with Crippen LogP contribution < -0.4 is 5.73 Å². The molecule has 0 aliphatic rings. The van der Waals surface area contributed by atoms with Crippen LogP contribution in [0.5, 0.6) is 0 Å². The molecule has 0 spiro atoms. The van der Waals surface area contributed by atoms with E-state index in [1.54, 1.807) is 11.8 Å². The molecular weight excluding hydrogens is 228 g/mol. The number of hydrogen-bond acceptors (Lipinski definition) is 4. The number of methoxy groups -OCH3 is 1. The molecule has 5 heteroatoms. The largest absolute Gasteiger partial charge is 0.378 e. The topological polar surface area (TPSA) is 66.0 Å². The van der Waals surface area contributed by atoms with Gasteiger partial charge in [-0.2, -0.15) is 0 Å². The molecule has 5 nitrogen and oxygen atoms in total. The Kier molecular flexibility index (Phi) is 3.74. The Labute approximate surface area is 107 Å². The van der Waals surface area contributed by atoms with Gasteiger partial charge in [-0.3, -0.25) is 0 Å². The van der Waals surface area contributed by atoms with Gasteiger partial charge in [-0.25, -0.2) is 4.68 Å². The smallest absolute Gasteiger partial charge is 0.102 e. The van der Waals surface area contributed by atoms with E-state index < -0.39 is 0 Å². The fourth-order valence-electron chi connectivity index (χ4n) is 2.01. The molecule has 96 valence electrons. The van der Waals surface area contributed by atoms with Gasteiger partial charge in [0.25, 0.3) is 0 Å². The van der Waals surface area contributed by atoms with Gasteiger partial charge in [0.05, 0.1) is 18.0 Å². The maximum atomic E-state index is 5.66. The number of ether oxygens (including phenoxy) is 1. The molecule has 2 N–H and O–H groups in total. The van der Waals surface area contributed by atoms with E-state index in [-0.39, 0.29) is 0 Å². The van der Waals surface area contributed by atoms with Crippen molar-refractivity contribution in [3.63, 3.8) is 0 Å². The van der Waals surface area contributed by atoms with Crippen LogP contribution in [0.1, 0.15) is 22.5 Å². The molecular formula is C13H18N4O. The Hall–Kier alpha value is -1.72. The van der Waals surface area contributed by atoms with Gasteiger partial charge >= 0.3 is 0 Å². The Morgan fingerprint density at radius 2 is 2.11 bits per heavy atom. The molecule has 18 heavy (non-hydrogen) atoms. The highest BCUT2D eigenvalue weighted by Gasteiger charge is 2.14. The van der Waals surface area contributed by atoms with E-state index in [1.807, 2.05) is 6.07 Å². The van der Waals surface area contributed by atoms with Crippen LogP contribution in [-0.4, -0.2) is 22.1 Å². The fraction of sp³-hybridized carbons (Fsp3) is 0.385. The van der Waals surface area contributed by atoms with Gasteiger partial charge in [0.1, 0.15) is 5.69 Å². The molecule has 0 saturated carbocycles. The highest BCUT2D eigenvalue weighted by Crippen LogP contribution is 2.18. The monoisotopic (exact) mass is 246 g/mol. The first-order valence-electron chi connectivity index (χ1n) is 5.87. The number of hydrogen-bond donors (Lipinski definition) is 1. The minimum atomic E-state index is 0.365. The van der Waals surface area contributed by atoms with Crippen molar-refractivity contribution >= 4 is 0 Å². The molecule has 0 radical (unpaired) electrons. The number of nitrogens with zero attached hydrogens (tertiary/aromatic N) is 3. The second-order valence-corrected chi connectivity index (χ2v) is 4.32. The van der Waals surface area contributed by atoms with Crippen molar-refractivity contribution in [3.8, 4) is 5.69 Å². The lowest BCUT2D eigenvalue weighted by atomic mass is 10.1. The highest BCUT2D eigenvalue weighted by atomic mass is 16.5. The summed E-state index contributed by atoms with van der Waals surface area (Å²) in [5.74, 6) is 0. The molecule has 1 aromatic heterocycles. The van der Waals surface area contributed by atoms with E-state index in [4.69, 9.17) is 10.5 Å². The van der Waals surface area contributed by atoms with Gasteiger partial charge < -0.3 is 10.5 Å². The Bertz CT molecular complexity index is 548. The molecule has 0 bridgehead atoms. The van der Waals surface area contributed by atoms with Crippen molar-refractivity contribution < 1.29 is 4.74 Å². The lowest BCUT2D eigenvalue weighted by molar-refractivity contribution is 0.178. The van der Waals surface area contributed by atoms with Gasteiger partial charge in [0.2, 0.25) is 0 Å². The van der Waals surface area contributed by atoms with E-state index in [9.17, 15) is 0 Å². The number of aryl methyl sites for hydroxylation is 2. The van der Waals surface area contributed by atoms with E-state index in [0.29, 0.717) is 13.2 Å². The molecule has 0 atom stereocenters. The van der Waals surface area contributed by atoms with Crippen molar-refractivity contribution in [2.24, 2.45) is 5.73 Å². The van der Waals surface area contributed by atoms with Crippen LogP contribution in [0, 0.1) is 13.8 Å². The normalized spacial score (nSPS) is 10.9. The predicted molar refractivity (Wildman–Crippen MR) is 69.4 cm³/mol. The number of aromatic nitrogens is 3. The van der Waals surface area contributed by atoms with Crippen molar-refractivity contribution in [2.75, 3.05) is 7.11 Å². The van der Waals surface area contributed by atoms with Crippen LogP contribution in [0.4, 0.5) is 0 Å². The molecule has 0 fully saturated rings. The minimum absolute atomic E-state index is 0.365. The first-order valence-corrected chi connectivity index (χ1v) is 5.87. The summed E-state index contributed by atoms with van der Waals surface area (Å²) in [6.07, 6.45) is 0. The van der Waals surface area contributed by atoms with Crippen LogP contribution >= 0.6 is 0 Å². The number of rotatable bonds is 4. The molecule has 0 amide bonds. The maximum absolute atomic E-state index is 5.66. The van der Waals surface area contributed by atoms with Gasteiger partial charge in [0.15, 0.2) is 0 Å². The molecule has 0 aliphatic heterocycles. The Morgan fingerprint density at radius 1 is 1.33 bits per heavy atom. The van der Waals surface area contributed by atoms with Gasteiger partial charge in [-0.1, -0.05) is 22.9 Å². The lowest BCUT2D eigenvalue weighted by Gasteiger charge is -2.10. The van der Waals surface area contributed by atoms with Crippen molar-refractivity contribution in [3.05, 3.63) is 40.7 Å². The first-order chi connectivity index (χ1) is 8.67. The maximum Gasteiger partial charge on any atom is 0.102 e. The summed E-state index contributed by atoms with van der Waals surface area (Å²) in [5, 5.41) is 8.27. The third kappa shape index (κ3) is 2.27. The molecule has 2 aromatic rings. The van der Waals surface area contributed by atoms with Crippen LogP contribution in [0.2, 0.25) is 0 Å². The van der Waals surface area contributed by atoms with E-state index in [0.717, 1.165) is 22.6 Å². The lowest BCUT2D eigenvalue weighted by Crippen LogP contribution is -2.08. The van der Waals surface area contributed by atoms with Crippen LogP contribution in [0.3, 0.4) is 0 Å². The standard InChI is InChI=1S/C13H18N4O/c1-9-4-5-12(10(2)6-9)17-13(8-18-3)11(7-14)15-16-17/h4-6H,7-8,14H2,1-3H3. The second-order valence-electron chi connectivity index (χ2n) is 4.32. The van der Waals surface area contributed by atoms with Gasteiger partial charge in [-0.05, 0) is 25.5 Å². The summed E-state index contributed by atoms with van der Waals surface area (Å²) in [6, 6.07) is 6.22. The molecule has 0 saturated heterocycles. The van der Waals surface area contributed by atoms with E-state index >= 15 is 0 Å². The third-order valence-electron chi connectivity index (χ3n) is 2.90. The third-order valence-corrected chi connectivity index (χ3v) is 2.90. The van der Waals surface area contributed by atoms with Crippen LogP contribution in [0.15, 0.2) is 18.2 Å². The molecule has 0 unspecified atom stereocenters. The number of benzene rings is 1. The quantitative estimate of drug-likeness (QED) is 0.887. The first kappa shape index (κ1) is 12.7. The predicted octanol–water partition coefficient (Wildman–Crippen LogP) is 1.49. The summed E-state index contributed by atoms with van der Waals surface area (Å²) in [4.78, 5) is 0. The van der Waals surface area contributed by atoms with Crippen LogP contribution in [0.25, 0.3) is 5.69 Å². The average Bonchev–Trinajstić information content (AvgIpc) is 2.73. The van der Waals surface area contributed by atoms with Crippen molar-refractivity contribution in [1.29, 1.82) is 0 Å². The molecule has 1 aromatic carbocycles. The Balaban J connectivity index is 2.52. The molecule has 0 aliphatic carbocycles. The summed E-state index contributed by atoms with van der Waals surface area (Å²) >= 11 is 0. The SMILES string of the molecule is COCc1c(CN)nnn1-c1ccc(C)cc1C. The zero-order valence-corrected chi connectivity index (χ0v) is 11.0. The van der Waals surface area contributed by atoms with E-state index in [2.05, 4.69) is 36.3 Å². The van der Waals surface area contributed by atoms with Crippen molar-refractivity contribution in [2.45, 2.75) is 27.0 Å². The summed E-state index contributed by atoms with van der Waals surface area (Å²) in [5.41, 5.74) is 10.7. The van der Waals surface area contributed by atoms with Crippen LogP contribution in [-0.2, 0) is 17.9 Å².